The van der Waals surface area contributed by atoms with Crippen molar-refractivity contribution < 1.29 is 33.4 Å². The predicted octanol–water partition coefficient (Wildman–Crippen LogP) is 1.69. The molecule has 0 aromatic heterocycles. The summed E-state index contributed by atoms with van der Waals surface area (Å²) < 4.78 is 16.5. The van der Waals surface area contributed by atoms with Crippen molar-refractivity contribution in [2.75, 3.05) is 41.5 Å². The van der Waals surface area contributed by atoms with Crippen molar-refractivity contribution >= 4 is 23.7 Å². The molecule has 0 bridgehead atoms. The molecule has 1 unspecified atom stereocenters. The smallest absolute Gasteiger partial charge is 0.328 e. The van der Waals surface area contributed by atoms with Gasteiger partial charge in [-0.2, -0.15) is 0 Å². The highest BCUT2D eigenvalue weighted by Crippen LogP contribution is 2.29. The molecular weight excluding hydrogens is 540 g/mol. The van der Waals surface area contributed by atoms with E-state index in [1.54, 1.807) is 18.9 Å². The molecule has 1 saturated heterocycles. The van der Waals surface area contributed by atoms with E-state index in [1.165, 1.54) is 26.2 Å². The first-order valence-corrected chi connectivity index (χ1v) is 14.4. The second kappa shape index (κ2) is 17.0. The van der Waals surface area contributed by atoms with Gasteiger partial charge in [0.1, 0.15) is 6.04 Å². The third-order valence-corrected chi connectivity index (χ3v) is 8.15. The molecule has 0 aliphatic carbocycles. The molecule has 1 aromatic rings. The fourth-order valence-corrected chi connectivity index (χ4v) is 5.68. The number of esters is 1. The molecule has 6 atom stereocenters. The van der Waals surface area contributed by atoms with Crippen LogP contribution in [0.5, 0.6) is 0 Å². The molecule has 1 aliphatic heterocycles. The number of carbonyl (C=O) groups excluding carboxylic acids is 4. The number of ether oxygens (including phenoxy) is 3. The maximum absolute atomic E-state index is 13.7. The van der Waals surface area contributed by atoms with E-state index in [1.807, 2.05) is 37.3 Å². The van der Waals surface area contributed by atoms with E-state index in [2.05, 4.69) is 11.9 Å². The number of nitrogens with one attached hydrogen (secondary N) is 1. The Morgan fingerprint density at radius 2 is 1.81 bits per heavy atom. The molecule has 3 N–H and O–H groups in total. The van der Waals surface area contributed by atoms with Crippen molar-refractivity contribution in [3.8, 4) is 0 Å². The van der Waals surface area contributed by atoms with Gasteiger partial charge in [-0.25, -0.2) is 4.79 Å². The van der Waals surface area contributed by atoms with Gasteiger partial charge in [-0.1, -0.05) is 56.3 Å². The zero-order valence-corrected chi connectivity index (χ0v) is 25.8. The highest BCUT2D eigenvalue weighted by molar-refractivity contribution is 5.86. The van der Waals surface area contributed by atoms with E-state index in [0.29, 0.717) is 19.4 Å². The molecule has 0 radical (unpaired) electrons. The zero-order valence-electron chi connectivity index (χ0n) is 25.8. The van der Waals surface area contributed by atoms with E-state index < -0.39 is 36.2 Å². The van der Waals surface area contributed by atoms with Crippen LogP contribution in [0.25, 0.3) is 0 Å². The van der Waals surface area contributed by atoms with Crippen LogP contribution < -0.4 is 11.1 Å². The molecule has 0 spiro atoms. The summed E-state index contributed by atoms with van der Waals surface area (Å²) in [5.41, 5.74) is 7.24. The summed E-state index contributed by atoms with van der Waals surface area (Å²) in [5.74, 6) is -2.03. The van der Waals surface area contributed by atoms with Crippen molar-refractivity contribution in [3.05, 3.63) is 48.0 Å². The zero-order chi connectivity index (χ0) is 31.4. The minimum absolute atomic E-state index is 0.0113. The standard InChI is InChI=1S/C31H48N4O7/c1-8-20(2)28(34(4)27(37)19-32)25(40-5)18-26(36)35-16-12-15-24(35)29(41-6)21(3)30(38)33-23(31(39)42-7)17-22-13-10-9-11-14-22/h9-11,13-14,21,23-25,28-29H,2,8,12,15-19,32H2,1,3-7H3,(H,33,38)/t21?,23-,24-,25+,28-,29+/m0/s1. The fourth-order valence-electron chi connectivity index (χ4n) is 5.68. The molecule has 234 valence electrons. The van der Waals surface area contributed by atoms with Gasteiger partial charge < -0.3 is 35.1 Å². The van der Waals surface area contributed by atoms with E-state index in [-0.39, 0.29) is 43.1 Å². The van der Waals surface area contributed by atoms with Crippen LogP contribution in [0.1, 0.15) is 45.1 Å². The molecule has 11 heteroatoms. The number of likely N-dealkylation sites (N-methyl/N-ethyl adjacent to an activating group) is 1. The third kappa shape index (κ3) is 8.86. The van der Waals surface area contributed by atoms with Gasteiger partial charge in [0.05, 0.1) is 50.3 Å². The van der Waals surface area contributed by atoms with Crippen LogP contribution in [-0.2, 0) is 39.8 Å². The van der Waals surface area contributed by atoms with Crippen LogP contribution in [-0.4, -0.2) is 105 Å². The predicted molar refractivity (Wildman–Crippen MR) is 159 cm³/mol. The molecule has 0 saturated carbocycles. The number of hydrogen-bond acceptors (Lipinski definition) is 8. The number of nitrogens with two attached hydrogens (primary N) is 1. The summed E-state index contributed by atoms with van der Waals surface area (Å²) in [5, 5.41) is 2.83. The van der Waals surface area contributed by atoms with E-state index in [9.17, 15) is 19.2 Å². The third-order valence-electron chi connectivity index (χ3n) is 8.15. The summed E-state index contributed by atoms with van der Waals surface area (Å²) in [6.07, 6.45) is 1.04. The summed E-state index contributed by atoms with van der Waals surface area (Å²) in [7, 11) is 5.95. The SMILES string of the molecule is C=C(CC)[C@@H]([C@@H](CC(=O)N1CCC[C@H]1[C@H](OC)C(C)C(=O)N[C@@H](Cc1ccccc1)C(=O)OC)OC)N(C)C(=O)CN. The Balaban J connectivity index is 2.19. The van der Waals surface area contributed by atoms with Gasteiger partial charge in [0.15, 0.2) is 0 Å². The molecule has 3 amide bonds. The number of likely N-dealkylation sites (tertiary alicyclic amines) is 1. The number of methoxy groups -OCH3 is 3. The molecule has 1 heterocycles. The van der Waals surface area contributed by atoms with Crippen LogP contribution >= 0.6 is 0 Å². The van der Waals surface area contributed by atoms with Crippen LogP contribution in [0.3, 0.4) is 0 Å². The Labute approximate surface area is 249 Å². The Kier molecular flexibility index (Phi) is 14.1. The average molecular weight is 589 g/mol. The van der Waals surface area contributed by atoms with Crippen LogP contribution in [0, 0.1) is 5.92 Å². The fraction of sp³-hybridized carbons (Fsp3) is 0.613. The number of carbonyl (C=O) groups is 4. The monoisotopic (exact) mass is 588 g/mol. The average Bonchev–Trinajstić information content (AvgIpc) is 3.49. The van der Waals surface area contributed by atoms with Crippen LogP contribution in [0.2, 0.25) is 0 Å². The molecule has 1 aliphatic rings. The molecule has 1 fully saturated rings. The summed E-state index contributed by atoms with van der Waals surface area (Å²) in [6, 6.07) is 7.61. The van der Waals surface area contributed by atoms with Gasteiger partial charge in [-0.15, -0.1) is 0 Å². The maximum Gasteiger partial charge on any atom is 0.328 e. The lowest BCUT2D eigenvalue weighted by Crippen LogP contribution is -2.54. The maximum atomic E-state index is 13.7. The molecule has 2 rings (SSSR count). The summed E-state index contributed by atoms with van der Waals surface area (Å²) in [4.78, 5) is 55.3. The normalized spacial score (nSPS) is 18.4. The van der Waals surface area contributed by atoms with E-state index in [4.69, 9.17) is 19.9 Å². The van der Waals surface area contributed by atoms with Gasteiger partial charge in [-0.05, 0) is 24.8 Å². The Bertz CT molecular complexity index is 1070. The largest absolute Gasteiger partial charge is 0.467 e. The molecular formula is C31H48N4O7. The summed E-state index contributed by atoms with van der Waals surface area (Å²) >= 11 is 0. The van der Waals surface area contributed by atoms with Gasteiger partial charge in [-0.3, -0.25) is 14.4 Å². The molecule has 11 nitrogen and oxygen atoms in total. The van der Waals surface area contributed by atoms with Gasteiger partial charge in [0.25, 0.3) is 0 Å². The highest BCUT2D eigenvalue weighted by atomic mass is 16.5. The number of hydrogen-bond donors (Lipinski definition) is 2. The Morgan fingerprint density at radius 1 is 1.14 bits per heavy atom. The van der Waals surface area contributed by atoms with Crippen molar-refractivity contribution in [2.24, 2.45) is 11.7 Å². The quantitative estimate of drug-likeness (QED) is 0.220. The van der Waals surface area contributed by atoms with Crippen molar-refractivity contribution in [2.45, 2.75) is 76.3 Å². The highest BCUT2D eigenvalue weighted by Gasteiger charge is 2.42. The lowest BCUT2D eigenvalue weighted by molar-refractivity contribution is -0.147. The van der Waals surface area contributed by atoms with Crippen LogP contribution in [0.15, 0.2) is 42.5 Å². The Hall–Kier alpha value is -3.28. The first kappa shape index (κ1) is 34.9. The number of rotatable bonds is 16. The van der Waals surface area contributed by atoms with Gasteiger partial charge >= 0.3 is 5.97 Å². The minimum Gasteiger partial charge on any atom is -0.467 e. The second-order valence-corrected chi connectivity index (χ2v) is 10.7. The minimum atomic E-state index is -0.870. The van der Waals surface area contributed by atoms with Gasteiger partial charge in [0, 0.05) is 34.2 Å². The van der Waals surface area contributed by atoms with E-state index >= 15 is 0 Å². The first-order valence-electron chi connectivity index (χ1n) is 14.4. The van der Waals surface area contributed by atoms with Gasteiger partial charge in [0.2, 0.25) is 17.7 Å². The Morgan fingerprint density at radius 3 is 2.36 bits per heavy atom. The second-order valence-electron chi connectivity index (χ2n) is 10.7. The van der Waals surface area contributed by atoms with Crippen molar-refractivity contribution in [1.29, 1.82) is 0 Å². The first-order chi connectivity index (χ1) is 20.0. The van der Waals surface area contributed by atoms with Crippen molar-refractivity contribution in [1.82, 2.24) is 15.1 Å². The topological polar surface area (TPSA) is 141 Å². The van der Waals surface area contributed by atoms with Crippen molar-refractivity contribution in [3.63, 3.8) is 0 Å². The number of amides is 3. The number of benzene rings is 1. The lowest BCUT2D eigenvalue weighted by atomic mass is 9.93. The lowest BCUT2D eigenvalue weighted by Gasteiger charge is -2.37. The number of nitrogens with zero attached hydrogens (tertiary/aromatic N) is 2. The molecule has 42 heavy (non-hydrogen) atoms. The molecule has 1 aromatic carbocycles. The van der Waals surface area contributed by atoms with E-state index in [0.717, 1.165) is 17.6 Å². The summed E-state index contributed by atoms with van der Waals surface area (Å²) in [6.45, 7) is 8.11. The van der Waals surface area contributed by atoms with Crippen LogP contribution in [0.4, 0.5) is 0 Å².